The zero-order chi connectivity index (χ0) is 15.7. The Morgan fingerprint density at radius 1 is 1.19 bits per heavy atom. The number of nitrogens with zero attached hydrogens (tertiary/aromatic N) is 2. The number of rotatable bonds is 7. The molecule has 1 aliphatic rings. The summed E-state index contributed by atoms with van der Waals surface area (Å²) in [5, 5.41) is 9.49. The van der Waals surface area contributed by atoms with Crippen molar-refractivity contribution in [3.05, 3.63) is 0 Å². The first-order valence-electron chi connectivity index (χ1n) is 7.36. The van der Waals surface area contributed by atoms with Gasteiger partial charge in [0.15, 0.2) is 0 Å². The largest absolute Gasteiger partial charge is 0.469 e. The molecule has 0 aromatic rings. The maximum Gasteiger partial charge on any atom is 0.307 e. The Morgan fingerprint density at radius 3 is 2.38 bits per heavy atom. The molecule has 6 heteroatoms. The van der Waals surface area contributed by atoms with Gasteiger partial charge < -0.3 is 14.4 Å². The van der Waals surface area contributed by atoms with E-state index in [1.807, 2.05) is 0 Å². The molecule has 0 bridgehead atoms. The number of carbonyl (C=O) groups excluding carboxylic acids is 2. The molecule has 118 valence electrons. The molecule has 0 N–H and O–H groups in total. The summed E-state index contributed by atoms with van der Waals surface area (Å²) in [7, 11) is 2.88. The maximum absolute atomic E-state index is 12.8. The number of nitriles is 1. The summed E-state index contributed by atoms with van der Waals surface area (Å²) in [4.78, 5) is 25.6. The van der Waals surface area contributed by atoms with Crippen molar-refractivity contribution in [3.8, 4) is 6.07 Å². The first-order valence-corrected chi connectivity index (χ1v) is 7.36. The van der Waals surface area contributed by atoms with Gasteiger partial charge in [0.1, 0.15) is 5.41 Å². The van der Waals surface area contributed by atoms with Crippen LogP contribution in [-0.2, 0) is 19.1 Å². The molecular formula is C15H24N2O4. The zero-order valence-electron chi connectivity index (χ0n) is 12.9. The summed E-state index contributed by atoms with van der Waals surface area (Å²) in [5.41, 5.74) is -0.928. The molecular weight excluding hydrogens is 272 g/mol. The number of carbonyl (C=O) groups is 2. The smallest absolute Gasteiger partial charge is 0.307 e. The molecule has 0 unspecified atom stereocenters. The van der Waals surface area contributed by atoms with Gasteiger partial charge in [-0.05, 0) is 12.8 Å². The number of methoxy groups -OCH3 is 2. The third-order valence-electron chi connectivity index (χ3n) is 4.00. The Balaban J connectivity index is 2.77. The van der Waals surface area contributed by atoms with Crippen LogP contribution in [0.4, 0.5) is 0 Å². The highest BCUT2D eigenvalue weighted by Crippen LogP contribution is 2.37. The minimum atomic E-state index is -0.928. The van der Waals surface area contributed by atoms with Crippen LogP contribution in [0.15, 0.2) is 0 Å². The van der Waals surface area contributed by atoms with Crippen LogP contribution in [0.3, 0.4) is 0 Å². The lowest BCUT2D eigenvalue weighted by molar-refractivity contribution is -0.144. The van der Waals surface area contributed by atoms with Crippen LogP contribution in [0.2, 0.25) is 0 Å². The summed E-state index contributed by atoms with van der Waals surface area (Å²) in [6.45, 7) is 1.03. The molecule has 1 amide bonds. The van der Waals surface area contributed by atoms with Gasteiger partial charge in [-0.25, -0.2) is 0 Å². The molecule has 0 heterocycles. The van der Waals surface area contributed by atoms with Crippen molar-refractivity contribution in [2.45, 2.75) is 38.5 Å². The van der Waals surface area contributed by atoms with Gasteiger partial charge >= 0.3 is 5.97 Å². The van der Waals surface area contributed by atoms with Gasteiger partial charge in [0.25, 0.3) is 0 Å². The zero-order valence-corrected chi connectivity index (χ0v) is 12.9. The van der Waals surface area contributed by atoms with E-state index in [0.717, 1.165) is 19.3 Å². The summed E-state index contributed by atoms with van der Waals surface area (Å²) in [5.74, 6) is -0.537. The highest BCUT2D eigenvalue weighted by atomic mass is 16.5. The van der Waals surface area contributed by atoms with Crippen molar-refractivity contribution >= 4 is 11.9 Å². The van der Waals surface area contributed by atoms with Crippen LogP contribution >= 0.6 is 0 Å². The van der Waals surface area contributed by atoms with Crippen molar-refractivity contribution in [3.63, 3.8) is 0 Å². The minimum Gasteiger partial charge on any atom is -0.469 e. The average Bonchev–Trinajstić information content (AvgIpc) is 2.54. The van der Waals surface area contributed by atoms with E-state index in [1.54, 1.807) is 12.0 Å². The van der Waals surface area contributed by atoms with Gasteiger partial charge in [0, 0.05) is 20.2 Å². The minimum absolute atomic E-state index is 0.132. The number of hydrogen-bond donors (Lipinski definition) is 0. The highest BCUT2D eigenvalue weighted by molar-refractivity contribution is 5.86. The van der Waals surface area contributed by atoms with Crippen molar-refractivity contribution in [2.75, 3.05) is 33.9 Å². The first kappa shape index (κ1) is 17.4. The second kappa shape index (κ2) is 8.63. The van der Waals surface area contributed by atoms with E-state index in [4.69, 9.17) is 4.74 Å². The molecule has 0 aromatic carbocycles. The first-order chi connectivity index (χ1) is 10.1. The Hall–Kier alpha value is -1.61. The SMILES string of the molecule is COCCN(CCC(=O)OC)C(=O)C1(C#N)CCCCC1. The normalized spacial score (nSPS) is 16.8. The lowest BCUT2D eigenvalue weighted by atomic mass is 9.74. The van der Waals surface area contributed by atoms with Crippen LogP contribution in [0, 0.1) is 16.7 Å². The molecule has 21 heavy (non-hydrogen) atoms. The van der Waals surface area contributed by atoms with Crippen LogP contribution < -0.4 is 0 Å². The fourth-order valence-electron chi connectivity index (χ4n) is 2.68. The topological polar surface area (TPSA) is 79.6 Å². The Bertz CT molecular complexity index is 397. The molecule has 1 saturated carbocycles. The van der Waals surface area contributed by atoms with E-state index in [0.29, 0.717) is 26.0 Å². The van der Waals surface area contributed by atoms with E-state index in [2.05, 4.69) is 10.8 Å². The van der Waals surface area contributed by atoms with Gasteiger partial charge in [-0.1, -0.05) is 19.3 Å². The van der Waals surface area contributed by atoms with E-state index in [9.17, 15) is 14.9 Å². The quantitative estimate of drug-likeness (QED) is 0.665. The predicted molar refractivity (Wildman–Crippen MR) is 76.2 cm³/mol. The highest BCUT2D eigenvalue weighted by Gasteiger charge is 2.42. The lowest BCUT2D eigenvalue weighted by Crippen LogP contribution is -2.46. The van der Waals surface area contributed by atoms with Gasteiger partial charge in [-0.3, -0.25) is 9.59 Å². The monoisotopic (exact) mass is 296 g/mol. The Kier molecular flexibility index (Phi) is 7.17. The molecule has 0 aromatic heterocycles. The second-order valence-electron chi connectivity index (χ2n) is 5.37. The molecule has 0 aliphatic heterocycles. The second-order valence-corrected chi connectivity index (χ2v) is 5.37. The van der Waals surface area contributed by atoms with Gasteiger partial charge in [-0.2, -0.15) is 5.26 Å². The third kappa shape index (κ3) is 4.71. The van der Waals surface area contributed by atoms with Crippen molar-refractivity contribution in [1.82, 2.24) is 4.90 Å². The van der Waals surface area contributed by atoms with Crippen molar-refractivity contribution in [1.29, 1.82) is 5.26 Å². The molecule has 1 fully saturated rings. The molecule has 0 spiro atoms. The van der Waals surface area contributed by atoms with Crippen molar-refractivity contribution in [2.24, 2.45) is 5.41 Å². The Labute approximate surface area is 126 Å². The summed E-state index contributed by atoms with van der Waals surface area (Å²) in [6.07, 6.45) is 4.20. The van der Waals surface area contributed by atoms with E-state index >= 15 is 0 Å². The molecule has 1 rings (SSSR count). The number of hydrogen-bond acceptors (Lipinski definition) is 5. The van der Waals surface area contributed by atoms with Crippen molar-refractivity contribution < 1.29 is 19.1 Å². The average molecular weight is 296 g/mol. The molecule has 1 aliphatic carbocycles. The third-order valence-corrected chi connectivity index (χ3v) is 4.00. The van der Waals surface area contributed by atoms with Crippen LogP contribution in [0.1, 0.15) is 38.5 Å². The molecule has 0 radical (unpaired) electrons. The van der Waals surface area contributed by atoms with Crippen LogP contribution in [0.5, 0.6) is 0 Å². The van der Waals surface area contributed by atoms with E-state index in [-0.39, 0.29) is 24.8 Å². The van der Waals surface area contributed by atoms with Gasteiger partial charge in [-0.15, -0.1) is 0 Å². The van der Waals surface area contributed by atoms with Gasteiger partial charge in [0.2, 0.25) is 5.91 Å². The van der Waals surface area contributed by atoms with E-state index in [1.165, 1.54) is 7.11 Å². The predicted octanol–water partition coefficient (Wildman–Crippen LogP) is 1.50. The molecule has 0 atom stereocenters. The molecule has 6 nitrogen and oxygen atoms in total. The number of amides is 1. The number of ether oxygens (including phenoxy) is 2. The standard InChI is InChI=1S/C15H24N2O4/c1-20-11-10-17(9-6-13(18)21-2)14(19)15(12-16)7-4-3-5-8-15/h3-11H2,1-2H3. The fourth-order valence-corrected chi connectivity index (χ4v) is 2.68. The van der Waals surface area contributed by atoms with Gasteiger partial charge in [0.05, 0.1) is 26.2 Å². The summed E-state index contributed by atoms with van der Waals surface area (Å²) < 4.78 is 9.63. The van der Waals surface area contributed by atoms with Crippen LogP contribution in [-0.4, -0.2) is 50.7 Å². The summed E-state index contributed by atoms with van der Waals surface area (Å²) >= 11 is 0. The maximum atomic E-state index is 12.8. The number of esters is 1. The molecule has 0 saturated heterocycles. The van der Waals surface area contributed by atoms with Crippen LogP contribution in [0.25, 0.3) is 0 Å². The van der Waals surface area contributed by atoms with E-state index < -0.39 is 5.41 Å². The Morgan fingerprint density at radius 2 is 1.86 bits per heavy atom. The summed E-state index contributed by atoms with van der Waals surface area (Å²) in [6, 6.07) is 2.23. The fraction of sp³-hybridized carbons (Fsp3) is 0.800. The lowest BCUT2D eigenvalue weighted by Gasteiger charge is -2.34.